The Morgan fingerprint density at radius 2 is 1.93 bits per heavy atom. The first-order chi connectivity index (χ1) is 19.5. The van der Waals surface area contributed by atoms with Gasteiger partial charge in [0.25, 0.3) is 11.5 Å². The number of hydrogen-bond acceptors (Lipinski definition) is 6. The van der Waals surface area contributed by atoms with Crippen LogP contribution in [-0.2, 0) is 28.2 Å². The van der Waals surface area contributed by atoms with E-state index in [2.05, 4.69) is 10.3 Å². The summed E-state index contributed by atoms with van der Waals surface area (Å²) in [6, 6.07) is 4.26. The number of hydrogen-bond donors (Lipinski definition) is 2. The van der Waals surface area contributed by atoms with Crippen LogP contribution in [0.15, 0.2) is 23.0 Å². The molecule has 4 rings (SSSR count). The van der Waals surface area contributed by atoms with Gasteiger partial charge < -0.3 is 20.2 Å². The fraction of sp³-hybridized carbons (Fsp3) is 0.536. The largest absolute Gasteiger partial charge is 0.501 e. The lowest BCUT2D eigenvalue weighted by atomic mass is 9.79. The van der Waals surface area contributed by atoms with Crippen LogP contribution in [0.3, 0.4) is 0 Å². The Bertz CT molecular complexity index is 1390. The van der Waals surface area contributed by atoms with Crippen molar-refractivity contribution in [1.82, 2.24) is 24.7 Å². The van der Waals surface area contributed by atoms with Gasteiger partial charge in [-0.15, -0.1) is 0 Å². The zero-order chi connectivity index (χ0) is 29.9. The van der Waals surface area contributed by atoms with Gasteiger partial charge in [-0.1, -0.05) is 31.4 Å². The number of halogens is 3. The summed E-state index contributed by atoms with van der Waals surface area (Å²) in [5, 5.41) is 13.2. The van der Waals surface area contributed by atoms with Crippen molar-refractivity contribution in [3.05, 3.63) is 57.0 Å². The van der Waals surface area contributed by atoms with E-state index >= 15 is 0 Å². The lowest BCUT2D eigenvalue weighted by molar-refractivity contribution is -0.155. The lowest BCUT2D eigenvalue weighted by Crippen LogP contribution is -2.55. The molecule has 3 amide bonds. The van der Waals surface area contributed by atoms with Gasteiger partial charge >= 0.3 is 11.8 Å². The fourth-order valence-corrected chi connectivity index (χ4v) is 5.65. The van der Waals surface area contributed by atoms with Crippen molar-refractivity contribution in [3.8, 4) is 5.75 Å². The van der Waals surface area contributed by atoms with Crippen LogP contribution in [-0.4, -0.2) is 75.2 Å². The number of rotatable bonds is 7. The van der Waals surface area contributed by atoms with Gasteiger partial charge in [0.15, 0.2) is 5.69 Å². The molecule has 13 heteroatoms. The number of alkyl halides is 2. The summed E-state index contributed by atoms with van der Waals surface area (Å²) < 4.78 is 42.0. The van der Waals surface area contributed by atoms with Crippen LogP contribution in [0.1, 0.15) is 66.0 Å². The van der Waals surface area contributed by atoms with Crippen molar-refractivity contribution in [1.29, 1.82) is 0 Å². The van der Waals surface area contributed by atoms with Crippen LogP contribution < -0.4 is 10.9 Å². The van der Waals surface area contributed by atoms with Crippen molar-refractivity contribution in [2.75, 3.05) is 26.8 Å². The average molecular weight is 578 g/mol. The maximum Gasteiger partial charge on any atom is 0.312 e. The minimum absolute atomic E-state index is 0.0621. The van der Waals surface area contributed by atoms with Crippen LogP contribution in [0.2, 0.25) is 0 Å². The SMILES string of the molecule is Cc1cc(CNC(=O)c2nc(C3(N(C)C(=O)C(=O)N4CCC(F)C4)CCCCC3)n(CCF)c(=O)c2O)ccc1F. The first-order valence-electron chi connectivity index (χ1n) is 13.6. The Morgan fingerprint density at radius 3 is 2.54 bits per heavy atom. The number of carbonyl (C=O) groups is 3. The zero-order valence-corrected chi connectivity index (χ0v) is 23.1. The molecule has 2 fully saturated rings. The molecule has 0 bridgehead atoms. The van der Waals surface area contributed by atoms with Crippen molar-refractivity contribution < 1.29 is 32.7 Å². The van der Waals surface area contributed by atoms with Gasteiger partial charge in [-0.3, -0.25) is 23.7 Å². The molecule has 41 heavy (non-hydrogen) atoms. The number of benzene rings is 1. The summed E-state index contributed by atoms with van der Waals surface area (Å²) in [7, 11) is 1.38. The quantitative estimate of drug-likeness (QED) is 0.488. The van der Waals surface area contributed by atoms with Gasteiger partial charge in [-0.2, -0.15) is 0 Å². The highest BCUT2D eigenvalue weighted by atomic mass is 19.1. The summed E-state index contributed by atoms with van der Waals surface area (Å²) in [5.41, 5.74) is -2.12. The number of likely N-dealkylation sites (N-methyl/N-ethyl adjacent to an activating group) is 1. The number of likely N-dealkylation sites (tertiary alicyclic amines) is 1. The third-order valence-corrected chi connectivity index (χ3v) is 7.99. The molecule has 1 unspecified atom stereocenters. The third kappa shape index (κ3) is 5.94. The lowest BCUT2D eigenvalue weighted by Gasteiger charge is -2.44. The first kappa shape index (κ1) is 30.1. The Morgan fingerprint density at radius 1 is 1.22 bits per heavy atom. The average Bonchev–Trinajstić information content (AvgIpc) is 3.41. The number of amides is 3. The number of aromatic hydroxyl groups is 1. The van der Waals surface area contributed by atoms with Crippen LogP contribution in [0.5, 0.6) is 5.75 Å². The van der Waals surface area contributed by atoms with Crippen LogP contribution in [0.4, 0.5) is 13.2 Å². The summed E-state index contributed by atoms with van der Waals surface area (Å²) in [6.45, 7) is -0.105. The first-order valence-corrected chi connectivity index (χ1v) is 13.6. The molecule has 10 nitrogen and oxygen atoms in total. The summed E-state index contributed by atoms with van der Waals surface area (Å²) in [6.07, 6.45) is 1.37. The van der Waals surface area contributed by atoms with E-state index in [0.29, 0.717) is 24.0 Å². The fourth-order valence-electron chi connectivity index (χ4n) is 5.65. The second kappa shape index (κ2) is 12.3. The number of carbonyl (C=O) groups excluding carboxylic acids is 3. The number of aromatic nitrogens is 2. The van der Waals surface area contributed by atoms with Gasteiger partial charge in [0.05, 0.1) is 13.1 Å². The maximum atomic E-state index is 13.8. The highest BCUT2D eigenvalue weighted by molar-refractivity contribution is 6.35. The van der Waals surface area contributed by atoms with E-state index < -0.39 is 65.5 Å². The molecule has 2 N–H and O–H groups in total. The van der Waals surface area contributed by atoms with Crippen molar-refractivity contribution in [3.63, 3.8) is 0 Å². The second-order valence-corrected chi connectivity index (χ2v) is 10.6. The highest BCUT2D eigenvalue weighted by Gasteiger charge is 2.47. The van der Waals surface area contributed by atoms with Crippen molar-refractivity contribution in [2.45, 2.75) is 70.2 Å². The van der Waals surface area contributed by atoms with Crippen molar-refractivity contribution in [2.24, 2.45) is 0 Å². The van der Waals surface area contributed by atoms with E-state index in [9.17, 15) is 37.5 Å². The number of nitrogens with one attached hydrogen (secondary N) is 1. The van der Waals surface area contributed by atoms with E-state index in [1.54, 1.807) is 6.92 Å². The molecule has 0 spiro atoms. The smallest absolute Gasteiger partial charge is 0.312 e. The molecule has 1 saturated heterocycles. The molecule has 2 aliphatic rings. The predicted molar refractivity (Wildman–Crippen MR) is 142 cm³/mol. The molecule has 1 aromatic carbocycles. The number of aryl methyl sites for hydroxylation is 1. The molecular formula is C28H34F3N5O5. The van der Waals surface area contributed by atoms with Gasteiger partial charge in [0.2, 0.25) is 5.75 Å². The zero-order valence-electron chi connectivity index (χ0n) is 23.1. The van der Waals surface area contributed by atoms with Gasteiger partial charge in [-0.25, -0.2) is 18.2 Å². The summed E-state index contributed by atoms with van der Waals surface area (Å²) in [5.74, 6) is -4.26. The molecule has 1 atom stereocenters. The number of nitrogens with zero attached hydrogens (tertiary/aromatic N) is 4. The second-order valence-electron chi connectivity index (χ2n) is 10.6. The van der Waals surface area contributed by atoms with Gasteiger partial charge in [0.1, 0.15) is 30.0 Å². The van der Waals surface area contributed by atoms with E-state index in [1.165, 1.54) is 25.2 Å². The minimum Gasteiger partial charge on any atom is -0.501 e. The Kier molecular flexibility index (Phi) is 9.03. The van der Waals surface area contributed by atoms with E-state index in [1.807, 2.05) is 0 Å². The van der Waals surface area contributed by atoms with E-state index in [4.69, 9.17) is 0 Å². The molecule has 1 saturated carbocycles. The maximum absolute atomic E-state index is 13.8. The Hall–Kier alpha value is -3.90. The Balaban J connectivity index is 1.74. The third-order valence-electron chi connectivity index (χ3n) is 7.99. The van der Waals surface area contributed by atoms with Crippen LogP contribution in [0.25, 0.3) is 0 Å². The van der Waals surface area contributed by atoms with E-state index in [-0.39, 0.29) is 44.7 Å². The standard InChI is InChI=1S/C28H34F3N5O5/c1-17-14-18(6-7-20(17)31)15-32-23(38)21-22(37)24(39)36(13-11-29)27(33-21)28(9-4-3-5-10-28)34(2)25(40)26(41)35-12-8-19(30)16-35/h6-7,14,19,37H,3-5,8-13,15-16H2,1-2H3,(H,32,38). The van der Waals surface area contributed by atoms with E-state index in [0.717, 1.165) is 20.8 Å². The summed E-state index contributed by atoms with van der Waals surface area (Å²) >= 11 is 0. The molecule has 2 heterocycles. The van der Waals surface area contributed by atoms with Gasteiger partial charge in [-0.05, 0) is 43.4 Å². The highest BCUT2D eigenvalue weighted by Crippen LogP contribution is 2.41. The summed E-state index contributed by atoms with van der Waals surface area (Å²) in [4.78, 5) is 59.5. The molecule has 1 aliphatic carbocycles. The topological polar surface area (TPSA) is 125 Å². The van der Waals surface area contributed by atoms with Crippen LogP contribution >= 0.6 is 0 Å². The molecule has 2 aromatic rings. The minimum atomic E-state index is -1.37. The normalized spacial score (nSPS) is 18.3. The van der Waals surface area contributed by atoms with Gasteiger partial charge in [0, 0.05) is 20.1 Å². The van der Waals surface area contributed by atoms with Crippen LogP contribution in [0, 0.1) is 12.7 Å². The molecule has 1 aromatic heterocycles. The molecule has 0 radical (unpaired) electrons. The predicted octanol–water partition coefficient (Wildman–Crippen LogP) is 2.48. The van der Waals surface area contributed by atoms with Crippen molar-refractivity contribution >= 4 is 17.7 Å². The Labute approximate surface area is 235 Å². The molecule has 222 valence electrons. The molecule has 1 aliphatic heterocycles. The monoisotopic (exact) mass is 577 g/mol. The molecular weight excluding hydrogens is 543 g/mol.